The van der Waals surface area contributed by atoms with E-state index in [-0.39, 0.29) is 5.91 Å². The Hall–Kier alpha value is -1.92. The fourth-order valence-electron chi connectivity index (χ4n) is 2.58. The Bertz CT molecular complexity index is 713. The van der Waals surface area contributed by atoms with Crippen LogP contribution in [0.5, 0.6) is 0 Å². The third-order valence-corrected chi connectivity index (χ3v) is 5.50. The van der Waals surface area contributed by atoms with Gasteiger partial charge in [0.05, 0.1) is 11.6 Å². The van der Waals surface area contributed by atoms with E-state index in [1.54, 1.807) is 11.4 Å². The van der Waals surface area contributed by atoms with Crippen LogP contribution in [0.15, 0.2) is 16.6 Å². The van der Waals surface area contributed by atoms with E-state index >= 15 is 0 Å². The van der Waals surface area contributed by atoms with Gasteiger partial charge in [-0.15, -0.1) is 16.4 Å². The van der Waals surface area contributed by atoms with Gasteiger partial charge in [-0.2, -0.15) is 5.26 Å². The van der Waals surface area contributed by atoms with E-state index in [0.717, 1.165) is 18.0 Å². The van der Waals surface area contributed by atoms with Crippen LogP contribution in [0.4, 0.5) is 5.00 Å². The van der Waals surface area contributed by atoms with Gasteiger partial charge in [0.15, 0.2) is 0 Å². The van der Waals surface area contributed by atoms with Crippen molar-refractivity contribution >= 4 is 34.0 Å². The third kappa shape index (κ3) is 3.89. The molecule has 0 unspecified atom stereocenters. The highest BCUT2D eigenvalue weighted by molar-refractivity contribution is 7.99. The average Bonchev–Trinajstić information content (AvgIpc) is 3.28. The van der Waals surface area contributed by atoms with Crippen LogP contribution in [0.25, 0.3) is 0 Å². The van der Waals surface area contributed by atoms with Crippen LogP contribution in [0.1, 0.15) is 43.7 Å². The summed E-state index contributed by atoms with van der Waals surface area (Å²) in [5.41, 5.74) is 0.501. The number of nitrogens with one attached hydrogen (secondary N) is 1. The minimum Gasteiger partial charge on any atom is -0.317 e. The van der Waals surface area contributed by atoms with Gasteiger partial charge < -0.3 is 5.32 Å². The molecule has 2 aromatic heterocycles. The Balaban J connectivity index is 1.49. The highest BCUT2D eigenvalue weighted by Crippen LogP contribution is 2.31. The van der Waals surface area contributed by atoms with Gasteiger partial charge >= 0.3 is 0 Å². The van der Waals surface area contributed by atoms with E-state index in [2.05, 4.69) is 26.9 Å². The molecule has 120 valence electrons. The van der Waals surface area contributed by atoms with Crippen molar-refractivity contribution in [2.45, 2.75) is 43.3 Å². The van der Waals surface area contributed by atoms with Crippen LogP contribution in [0.3, 0.4) is 0 Å². The average molecular weight is 348 g/mol. The number of carbonyl (C=O) groups excluding carboxylic acids is 1. The number of nitriles is 1. The molecule has 0 atom stereocenters. The smallest absolute Gasteiger partial charge is 0.225 e. The van der Waals surface area contributed by atoms with E-state index in [9.17, 15) is 4.79 Å². The van der Waals surface area contributed by atoms with Gasteiger partial charge in [0.25, 0.3) is 0 Å². The Morgan fingerprint density at radius 3 is 3.13 bits per heavy atom. The minimum absolute atomic E-state index is 0.101. The normalized spacial score (nSPS) is 14.7. The van der Waals surface area contributed by atoms with Crippen LogP contribution in [0.2, 0.25) is 0 Å². The molecule has 1 aliphatic carbocycles. The molecule has 23 heavy (non-hydrogen) atoms. The summed E-state index contributed by atoms with van der Waals surface area (Å²) >= 11 is 2.85. The predicted octanol–water partition coefficient (Wildman–Crippen LogP) is 2.84. The van der Waals surface area contributed by atoms with Crippen molar-refractivity contribution in [3.8, 4) is 6.07 Å². The molecule has 9 heteroatoms. The number of thioether (sulfide) groups is 1. The number of hydrogen-bond acceptors (Lipinski definition) is 7. The van der Waals surface area contributed by atoms with Gasteiger partial charge in [-0.3, -0.25) is 4.79 Å². The molecule has 1 fully saturated rings. The molecule has 1 N–H and O–H groups in total. The van der Waals surface area contributed by atoms with Gasteiger partial charge in [-0.05, 0) is 34.7 Å². The SMILES string of the molecule is N#Cc1ccsc1NC(=O)CCSc1nnnn1C1CCCC1. The lowest BCUT2D eigenvalue weighted by Crippen LogP contribution is -2.13. The first-order chi connectivity index (χ1) is 11.3. The van der Waals surface area contributed by atoms with Crippen molar-refractivity contribution in [2.24, 2.45) is 0 Å². The Kier molecular flexibility index (Phi) is 5.25. The zero-order chi connectivity index (χ0) is 16.1. The molecule has 1 saturated carbocycles. The molecule has 7 nitrogen and oxygen atoms in total. The molecular formula is C14H16N6OS2. The number of thiophene rings is 1. The van der Waals surface area contributed by atoms with Crippen molar-refractivity contribution in [3.05, 3.63) is 17.0 Å². The maximum Gasteiger partial charge on any atom is 0.225 e. The zero-order valence-corrected chi connectivity index (χ0v) is 14.1. The molecule has 0 spiro atoms. The van der Waals surface area contributed by atoms with Crippen LogP contribution in [-0.4, -0.2) is 31.9 Å². The standard InChI is InChI=1S/C14H16N6OS2/c15-9-10-5-7-22-13(10)16-12(21)6-8-23-14-17-18-19-20(14)11-3-1-2-4-11/h5,7,11H,1-4,6,8H2,(H,16,21). The number of carbonyl (C=O) groups is 1. The number of amides is 1. The summed E-state index contributed by atoms with van der Waals surface area (Å²) in [4.78, 5) is 12.0. The van der Waals surface area contributed by atoms with Crippen molar-refractivity contribution in [3.63, 3.8) is 0 Å². The number of tetrazole rings is 1. The maximum atomic E-state index is 12.0. The molecule has 0 aliphatic heterocycles. The van der Waals surface area contributed by atoms with Gasteiger partial charge in [-0.25, -0.2) is 4.68 Å². The second-order valence-corrected chi connectivity index (χ2v) is 7.24. The summed E-state index contributed by atoms with van der Waals surface area (Å²) in [6, 6.07) is 4.15. The molecule has 0 aromatic carbocycles. The van der Waals surface area contributed by atoms with E-state index in [1.807, 2.05) is 4.68 Å². The summed E-state index contributed by atoms with van der Waals surface area (Å²) < 4.78 is 1.89. The largest absolute Gasteiger partial charge is 0.317 e. The maximum absolute atomic E-state index is 12.0. The van der Waals surface area contributed by atoms with E-state index < -0.39 is 0 Å². The molecule has 2 aromatic rings. The quantitative estimate of drug-likeness (QED) is 0.806. The summed E-state index contributed by atoms with van der Waals surface area (Å²) in [5.74, 6) is 0.503. The van der Waals surface area contributed by atoms with Crippen molar-refractivity contribution in [1.29, 1.82) is 5.26 Å². The third-order valence-electron chi connectivity index (χ3n) is 3.73. The van der Waals surface area contributed by atoms with E-state index in [4.69, 9.17) is 5.26 Å². The Morgan fingerprint density at radius 2 is 2.35 bits per heavy atom. The van der Waals surface area contributed by atoms with Crippen LogP contribution in [-0.2, 0) is 4.79 Å². The molecule has 2 heterocycles. The van der Waals surface area contributed by atoms with Crippen LogP contribution in [0, 0.1) is 11.3 Å². The summed E-state index contributed by atoms with van der Waals surface area (Å²) in [5, 5.41) is 26.8. The highest BCUT2D eigenvalue weighted by atomic mass is 32.2. The number of hydrogen-bond donors (Lipinski definition) is 1. The van der Waals surface area contributed by atoms with Gasteiger partial charge in [0, 0.05) is 12.2 Å². The first-order valence-electron chi connectivity index (χ1n) is 7.46. The monoisotopic (exact) mass is 348 g/mol. The molecule has 0 radical (unpaired) electrons. The van der Waals surface area contributed by atoms with E-state index in [1.165, 1.54) is 35.9 Å². The number of anilines is 1. The zero-order valence-electron chi connectivity index (χ0n) is 12.4. The van der Waals surface area contributed by atoms with Crippen LogP contribution < -0.4 is 5.32 Å². The molecule has 1 amide bonds. The summed E-state index contributed by atoms with van der Waals surface area (Å²) in [7, 11) is 0. The summed E-state index contributed by atoms with van der Waals surface area (Å²) in [6.07, 6.45) is 5.03. The predicted molar refractivity (Wildman–Crippen MR) is 88.3 cm³/mol. The molecule has 3 rings (SSSR count). The topological polar surface area (TPSA) is 96.5 Å². The number of aromatic nitrogens is 4. The number of rotatable bonds is 6. The molecule has 0 saturated heterocycles. The second-order valence-electron chi connectivity index (χ2n) is 5.27. The van der Waals surface area contributed by atoms with Gasteiger partial charge in [-0.1, -0.05) is 24.6 Å². The van der Waals surface area contributed by atoms with Gasteiger partial charge in [0.1, 0.15) is 11.1 Å². The number of nitrogens with zero attached hydrogens (tertiary/aromatic N) is 5. The lowest BCUT2D eigenvalue weighted by Gasteiger charge is -2.10. The van der Waals surface area contributed by atoms with Crippen molar-refractivity contribution in [2.75, 3.05) is 11.1 Å². The fourth-order valence-corrected chi connectivity index (χ4v) is 4.21. The van der Waals surface area contributed by atoms with Gasteiger partial charge in [0.2, 0.25) is 11.1 Å². The molecule has 0 bridgehead atoms. The Morgan fingerprint density at radius 1 is 1.52 bits per heavy atom. The first-order valence-corrected chi connectivity index (χ1v) is 9.32. The minimum atomic E-state index is -0.101. The fraction of sp³-hybridized carbons (Fsp3) is 0.500. The van der Waals surface area contributed by atoms with Crippen molar-refractivity contribution < 1.29 is 4.79 Å². The molecule has 1 aliphatic rings. The Labute approximate surface area is 142 Å². The lowest BCUT2D eigenvalue weighted by molar-refractivity contribution is -0.115. The first kappa shape index (κ1) is 16.0. The van der Waals surface area contributed by atoms with E-state index in [0.29, 0.717) is 28.8 Å². The van der Waals surface area contributed by atoms with Crippen molar-refractivity contribution in [1.82, 2.24) is 20.2 Å². The highest BCUT2D eigenvalue weighted by Gasteiger charge is 2.21. The molecular weight excluding hydrogens is 332 g/mol. The second kappa shape index (κ2) is 7.57. The van der Waals surface area contributed by atoms with Crippen LogP contribution >= 0.6 is 23.1 Å². The lowest BCUT2D eigenvalue weighted by atomic mass is 10.3. The summed E-state index contributed by atoms with van der Waals surface area (Å²) in [6.45, 7) is 0.